The molecular formula is C19H15F3N2OS. The normalized spacial score (nSPS) is 11.4. The van der Waals surface area contributed by atoms with Gasteiger partial charge in [0.1, 0.15) is 0 Å². The number of hydrogen-bond donors (Lipinski definition) is 1. The number of nitrogens with one attached hydrogen (secondary N) is 1. The number of alkyl halides is 3. The average Bonchev–Trinajstić information content (AvgIpc) is 3.01. The van der Waals surface area contributed by atoms with Gasteiger partial charge >= 0.3 is 6.18 Å². The first kappa shape index (κ1) is 18.1. The number of nitrogens with zero attached hydrogens (tertiary/aromatic N) is 1. The van der Waals surface area contributed by atoms with Crippen LogP contribution < -0.4 is 5.32 Å². The third-order valence-corrected chi connectivity index (χ3v) is 4.92. The van der Waals surface area contributed by atoms with E-state index >= 15 is 0 Å². The highest BCUT2D eigenvalue weighted by Crippen LogP contribution is 2.34. The van der Waals surface area contributed by atoms with Crippen LogP contribution in [0.15, 0.2) is 48.0 Å². The number of aromatic nitrogens is 1. The SMILES string of the molecule is Cc1cc(C(F)(F)F)cnc1-c1ccccc1NC(=O)c1sccc1C. The van der Waals surface area contributed by atoms with Gasteiger partial charge in [0.15, 0.2) is 0 Å². The molecule has 0 aliphatic carbocycles. The molecule has 0 spiro atoms. The van der Waals surface area contributed by atoms with Crippen molar-refractivity contribution in [1.29, 1.82) is 0 Å². The van der Waals surface area contributed by atoms with Crippen LogP contribution in [0.25, 0.3) is 11.3 Å². The van der Waals surface area contributed by atoms with Crippen LogP contribution in [0.5, 0.6) is 0 Å². The Bertz CT molecular complexity index is 963. The minimum Gasteiger partial charge on any atom is -0.321 e. The zero-order valence-electron chi connectivity index (χ0n) is 14.0. The Labute approximate surface area is 152 Å². The highest BCUT2D eigenvalue weighted by Gasteiger charge is 2.31. The van der Waals surface area contributed by atoms with Crippen LogP contribution in [0.4, 0.5) is 18.9 Å². The molecule has 3 aromatic rings. The molecule has 1 N–H and O–H groups in total. The number of aryl methyl sites for hydroxylation is 2. The Balaban J connectivity index is 1.98. The zero-order valence-corrected chi connectivity index (χ0v) is 14.8. The summed E-state index contributed by atoms with van der Waals surface area (Å²) in [5.41, 5.74) is 1.93. The van der Waals surface area contributed by atoms with Crippen molar-refractivity contribution in [2.45, 2.75) is 20.0 Å². The predicted octanol–water partition coefficient (Wildman–Crippen LogP) is 5.70. The average molecular weight is 376 g/mol. The molecule has 0 radical (unpaired) electrons. The molecule has 0 unspecified atom stereocenters. The summed E-state index contributed by atoms with van der Waals surface area (Å²) in [4.78, 5) is 17.1. The Hall–Kier alpha value is -2.67. The number of anilines is 1. The standard InChI is InChI=1S/C19H15F3N2OS/c1-11-7-8-26-17(11)18(25)24-15-6-4-3-5-14(15)16-12(2)9-13(10-23-16)19(20,21)22/h3-10H,1-2H3,(H,24,25). The van der Waals surface area contributed by atoms with Gasteiger partial charge in [-0.05, 0) is 48.6 Å². The van der Waals surface area contributed by atoms with Gasteiger partial charge in [-0.3, -0.25) is 9.78 Å². The van der Waals surface area contributed by atoms with Crippen LogP contribution >= 0.6 is 11.3 Å². The Morgan fingerprint density at radius 3 is 2.46 bits per heavy atom. The molecule has 1 amide bonds. The number of amides is 1. The largest absolute Gasteiger partial charge is 0.417 e. The fourth-order valence-electron chi connectivity index (χ4n) is 2.59. The van der Waals surface area contributed by atoms with Crippen molar-refractivity contribution in [2.24, 2.45) is 0 Å². The second kappa shape index (κ2) is 6.92. The van der Waals surface area contributed by atoms with E-state index in [0.29, 0.717) is 27.4 Å². The molecule has 0 bridgehead atoms. The second-order valence-electron chi connectivity index (χ2n) is 5.82. The number of thiophene rings is 1. The summed E-state index contributed by atoms with van der Waals surface area (Å²) in [7, 11) is 0. The van der Waals surface area contributed by atoms with E-state index in [0.717, 1.165) is 17.8 Å². The third kappa shape index (κ3) is 3.62. The van der Waals surface area contributed by atoms with Crippen molar-refractivity contribution in [3.05, 3.63) is 69.5 Å². The fraction of sp³-hybridized carbons (Fsp3) is 0.158. The van der Waals surface area contributed by atoms with Crippen molar-refractivity contribution in [1.82, 2.24) is 4.98 Å². The molecule has 2 aromatic heterocycles. The Morgan fingerprint density at radius 1 is 1.12 bits per heavy atom. The van der Waals surface area contributed by atoms with Gasteiger partial charge in [-0.2, -0.15) is 13.2 Å². The summed E-state index contributed by atoms with van der Waals surface area (Å²) in [5, 5.41) is 4.66. The predicted molar refractivity (Wildman–Crippen MR) is 96.4 cm³/mol. The van der Waals surface area contributed by atoms with Crippen molar-refractivity contribution < 1.29 is 18.0 Å². The smallest absolute Gasteiger partial charge is 0.321 e. The van der Waals surface area contributed by atoms with Crippen molar-refractivity contribution in [2.75, 3.05) is 5.32 Å². The highest BCUT2D eigenvalue weighted by molar-refractivity contribution is 7.12. The Morgan fingerprint density at radius 2 is 1.85 bits per heavy atom. The van der Waals surface area contributed by atoms with E-state index in [4.69, 9.17) is 0 Å². The summed E-state index contributed by atoms with van der Waals surface area (Å²) in [6.45, 7) is 3.42. The molecule has 0 atom stereocenters. The minimum atomic E-state index is -4.44. The first-order chi connectivity index (χ1) is 12.3. The number of hydrogen-bond acceptors (Lipinski definition) is 3. The van der Waals surface area contributed by atoms with Crippen molar-refractivity contribution in [3.63, 3.8) is 0 Å². The van der Waals surface area contributed by atoms with Crippen LogP contribution in [0.3, 0.4) is 0 Å². The summed E-state index contributed by atoms with van der Waals surface area (Å²) in [5.74, 6) is -0.255. The number of halogens is 3. The van der Waals surface area contributed by atoms with E-state index in [-0.39, 0.29) is 5.91 Å². The maximum Gasteiger partial charge on any atom is 0.417 e. The molecule has 7 heteroatoms. The molecule has 2 heterocycles. The number of rotatable bonds is 3. The third-order valence-electron chi connectivity index (χ3n) is 3.90. The maximum atomic E-state index is 12.9. The summed E-state index contributed by atoms with van der Waals surface area (Å²) in [6.07, 6.45) is -3.63. The Kier molecular flexibility index (Phi) is 4.82. The molecule has 134 valence electrons. The van der Waals surface area contributed by atoms with Gasteiger partial charge in [0.05, 0.1) is 21.8 Å². The van der Waals surface area contributed by atoms with Crippen LogP contribution in [0, 0.1) is 13.8 Å². The first-order valence-corrected chi connectivity index (χ1v) is 8.64. The van der Waals surface area contributed by atoms with E-state index in [2.05, 4.69) is 10.3 Å². The molecule has 0 saturated carbocycles. The van der Waals surface area contributed by atoms with Gasteiger partial charge in [-0.1, -0.05) is 18.2 Å². The highest BCUT2D eigenvalue weighted by atomic mass is 32.1. The van der Waals surface area contributed by atoms with Gasteiger partial charge in [0.2, 0.25) is 0 Å². The van der Waals surface area contributed by atoms with Gasteiger partial charge in [-0.25, -0.2) is 0 Å². The van der Waals surface area contributed by atoms with Crippen molar-refractivity contribution >= 4 is 22.9 Å². The van der Waals surface area contributed by atoms with Crippen LogP contribution in [-0.2, 0) is 6.18 Å². The molecule has 0 fully saturated rings. The lowest BCUT2D eigenvalue weighted by molar-refractivity contribution is -0.137. The molecule has 0 aliphatic heterocycles. The number of carbonyl (C=O) groups is 1. The van der Waals surface area contributed by atoms with Crippen molar-refractivity contribution in [3.8, 4) is 11.3 Å². The lowest BCUT2D eigenvalue weighted by atomic mass is 10.0. The molecular weight excluding hydrogens is 361 g/mol. The van der Waals surface area contributed by atoms with E-state index in [9.17, 15) is 18.0 Å². The molecule has 0 saturated heterocycles. The number of carbonyl (C=O) groups excluding carboxylic acids is 1. The minimum absolute atomic E-state index is 0.255. The van der Waals surface area contributed by atoms with Gasteiger partial charge < -0.3 is 5.32 Å². The first-order valence-electron chi connectivity index (χ1n) is 7.76. The monoisotopic (exact) mass is 376 g/mol. The van der Waals surface area contributed by atoms with E-state index in [1.165, 1.54) is 11.3 Å². The quantitative estimate of drug-likeness (QED) is 0.637. The van der Waals surface area contributed by atoms with Gasteiger partial charge in [0, 0.05) is 11.8 Å². The topological polar surface area (TPSA) is 42.0 Å². The molecule has 3 nitrogen and oxygen atoms in total. The fourth-order valence-corrected chi connectivity index (χ4v) is 3.42. The number of para-hydroxylation sites is 1. The van der Waals surface area contributed by atoms with E-state index < -0.39 is 11.7 Å². The van der Waals surface area contributed by atoms with Crippen LogP contribution in [-0.4, -0.2) is 10.9 Å². The number of benzene rings is 1. The lowest BCUT2D eigenvalue weighted by Gasteiger charge is -2.14. The van der Waals surface area contributed by atoms with Crippen LogP contribution in [0.2, 0.25) is 0 Å². The molecule has 0 aliphatic rings. The summed E-state index contributed by atoms with van der Waals surface area (Å²) < 4.78 is 38.6. The van der Waals surface area contributed by atoms with E-state index in [1.807, 2.05) is 18.4 Å². The summed E-state index contributed by atoms with van der Waals surface area (Å²) in [6, 6.07) is 9.84. The second-order valence-corrected chi connectivity index (χ2v) is 6.74. The van der Waals surface area contributed by atoms with Gasteiger partial charge in [-0.15, -0.1) is 11.3 Å². The number of pyridine rings is 1. The maximum absolute atomic E-state index is 12.9. The molecule has 26 heavy (non-hydrogen) atoms. The van der Waals surface area contributed by atoms with Gasteiger partial charge in [0.25, 0.3) is 5.91 Å². The molecule has 3 rings (SSSR count). The van der Waals surface area contributed by atoms with E-state index in [1.54, 1.807) is 31.2 Å². The zero-order chi connectivity index (χ0) is 18.9. The molecule has 1 aromatic carbocycles. The van der Waals surface area contributed by atoms with Crippen LogP contribution in [0.1, 0.15) is 26.4 Å². The summed E-state index contributed by atoms with van der Waals surface area (Å²) >= 11 is 1.33. The lowest BCUT2D eigenvalue weighted by Crippen LogP contribution is -2.12.